The van der Waals surface area contributed by atoms with E-state index in [-0.39, 0.29) is 11.9 Å². The topological polar surface area (TPSA) is 74.1 Å². The lowest BCUT2D eigenvalue weighted by Gasteiger charge is -2.37. The number of halogens is 1. The molecule has 11 heteroatoms. The largest absolute Gasteiger partial charge is 0.442 e. The molecule has 0 radical (unpaired) electrons. The zero-order valence-corrected chi connectivity index (χ0v) is 19.5. The number of oxazole rings is 1. The first-order chi connectivity index (χ1) is 15.3. The predicted octanol–water partition coefficient (Wildman–Crippen LogP) is 2.88. The van der Waals surface area contributed by atoms with Crippen molar-refractivity contribution in [3.05, 3.63) is 41.9 Å². The molecular weight excluding hydrogens is 453 g/mol. The Labute approximate surface area is 196 Å². The number of nitrogens with one attached hydrogen (secondary N) is 1. The number of aromatic nitrogens is 1. The number of thiocarbonyl (C=S) groups is 2. The highest BCUT2D eigenvalue weighted by Crippen LogP contribution is 2.28. The molecule has 2 fully saturated rings. The second kappa shape index (κ2) is 9.37. The van der Waals surface area contributed by atoms with Gasteiger partial charge in [0.15, 0.2) is 11.7 Å². The molecule has 0 aliphatic carbocycles. The summed E-state index contributed by atoms with van der Waals surface area (Å²) in [4.78, 5) is 23.0. The molecular formula is C21H24FN5O3S2. The fraction of sp³-hybridized carbons (Fsp3) is 0.429. The number of carbonyl (C=O) groups is 1. The highest BCUT2D eigenvalue weighted by molar-refractivity contribution is 7.80. The van der Waals surface area contributed by atoms with E-state index in [4.69, 9.17) is 33.6 Å². The Morgan fingerprint density at radius 3 is 2.66 bits per heavy atom. The lowest BCUT2D eigenvalue weighted by Crippen LogP contribution is -2.48. The van der Waals surface area contributed by atoms with Crippen molar-refractivity contribution in [2.45, 2.75) is 20.0 Å². The minimum atomic E-state index is -0.490. The van der Waals surface area contributed by atoms with Gasteiger partial charge in [0.1, 0.15) is 16.9 Å². The van der Waals surface area contributed by atoms with Gasteiger partial charge in [-0.05, 0) is 25.1 Å². The van der Waals surface area contributed by atoms with Gasteiger partial charge >= 0.3 is 6.09 Å². The molecule has 0 saturated carbocycles. The molecule has 1 aromatic carbocycles. The molecule has 2 aromatic rings. The van der Waals surface area contributed by atoms with Gasteiger partial charge in [0, 0.05) is 33.1 Å². The number of amides is 1. The van der Waals surface area contributed by atoms with Crippen molar-refractivity contribution < 1.29 is 18.3 Å². The Bertz CT molecular complexity index is 1040. The Morgan fingerprint density at radius 2 is 2.03 bits per heavy atom. The number of aryl methyl sites for hydroxylation is 1. The summed E-state index contributed by atoms with van der Waals surface area (Å²) in [6, 6.07) is 4.83. The maximum absolute atomic E-state index is 15.0. The number of benzene rings is 1. The van der Waals surface area contributed by atoms with Crippen LogP contribution in [-0.4, -0.2) is 71.3 Å². The number of hydrogen-bond acceptors (Lipinski definition) is 7. The predicted molar refractivity (Wildman–Crippen MR) is 127 cm³/mol. The van der Waals surface area contributed by atoms with E-state index in [2.05, 4.69) is 10.3 Å². The van der Waals surface area contributed by atoms with E-state index in [9.17, 15) is 9.18 Å². The van der Waals surface area contributed by atoms with Crippen molar-refractivity contribution in [3.8, 4) is 0 Å². The van der Waals surface area contributed by atoms with Crippen molar-refractivity contribution in [1.82, 2.24) is 15.2 Å². The van der Waals surface area contributed by atoms with Gasteiger partial charge in [-0.25, -0.2) is 14.2 Å². The normalized spacial score (nSPS) is 18.7. The Hall–Kier alpha value is -2.79. The summed E-state index contributed by atoms with van der Waals surface area (Å²) in [7, 11) is 0. The lowest BCUT2D eigenvalue weighted by molar-refractivity contribution is 0.143. The molecule has 1 N–H and O–H groups in total. The van der Waals surface area contributed by atoms with Gasteiger partial charge in [0.05, 0.1) is 35.6 Å². The average Bonchev–Trinajstić information content (AvgIpc) is 3.37. The molecule has 8 nitrogen and oxygen atoms in total. The molecule has 4 rings (SSSR count). The van der Waals surface area contributed by atoms with E-state index < -0.39 is 6.09 Å². The fourth-order valence-corrected chi connectivity index (χ4v) is 4.14. The summed E-state index contributed by atoms with van der Waals surface area (Å²) in [6.45, 7) is 6.82. The Morgan fingerprint density at radius 1 is 1.28 bits per heavy atom. The number of piperazine rings is 1. The molecule has 1 unspecified atom stereocenters. The van der Waals surface area contributed by atoms with E-state index in [0.29, 0.717) is 72.3 Å². The average molecular weight is 478 g/mol. The number of carbonyl (C=O) groups excluding carboxylic acids is 1. The van der Waals surface area contributed by atoms with E-state index in [0.717, 1.165) is 0 Å². The van der Waals surface area contributed by atoms with E-state index >= 15 is 0 Å². The first kappa shape index (κ1) is 22.4. The molecule has 32 heavy (non-hydrogen) atoms. The highest BCUT2D eigenvalue weighted by atomic mass is 32.1. The minimum Gasteiger partial charge on any atom is -0.442 e. The number of ether oxygens (including phenoxy) is 1. The standard InChI is InChI=1S/C21H24FN5O3S2/c1-13-23-11-19(29-13)20(32)26-7-5-25(6-8-26)18-4-3-15(9-17(18)22)27-12-16(30-21(27)28)10-24-14(2)31/h3-4,9,11,16H,5-8,10,12H2,1-2H3,(H,24,31). The first-order valence-corrected chi connectivity index (χ1v) is 11.1. The summed E-state index contributed by atoms with van der Waals surface area (Å²) < 4.78 is 25.8. The second-order valence-corrected chi connectivity index (χ2v) is 8.71. The van der Waals surface area contributed by atoms with Crippen LogP contribution in [0.25, 0.3) is 0 Å². The van der Waals surface area contributed by atoms with Crippen LogP contribution in [-0.2, 0) is 4.74 Å². The maximum Gasteiger partial charge on any atom is 0.414 e. The molecule has 0 bridgehead atoms. The summed E-state index contributed by atoms with van der Waals surface area (Å²) >= 11 is 10.5. The molecule has 0 spiro atoms. The van der Waals surface area contributed by atoms with Gasteiger partial charge in [-0.15, -0.1) is 0 Å². The highest BCUT2D eigenvalue weighted by Gasteiger charge is 2.33. The molecule has 2 saturated heterocycles. The van der Waals surface area contributed by atoms with Gasteiger partial charge in [-0.3, -0.25) is 4.90 Å². The monoisotopic (exact) mass is 477 g/mol. The van der Waals surface area contributed by atoms with Crippen LogP contribution < -0.4 is 15.1 Å². The molecule has 1 atom stereocenters. The van der Waals surface area contributed by atoms with Gasteiger partial charge in [-0.1, -0.05) is 24.4 Å². The van der Waals surface area contributed by atoms with Crippen LogP contribution in [0.2, 0.25) is 0 Å². The van der Waals surface area contributed by atoms with Crippen LogP contribution in [0.3, 0.4) is 0 Å². The number of anilines is 2. The molecule has 2 aliphatic rings. The van der Waals surface area contributed by atoms with E-state index in [1.54, 1.807) is 32.2 Å². The summed E-state index contributed by atoms with van der Waals surface area (Å²) in [5.74, 6) is 0.767. The van der Waals surface area contributed by atoms with Crippen molar-refractivity contribution in [2.24, 2.45) is 0 Å². The van der Waals surface area contributed by atoms with Crippen LogP contribution in [0.15, 0.2) is 28.8 Å². The number of hydrogen-bond donors (Lipinski definition) is 1. The first-order valence-electron chi connectivity index (χ1n) is 10.3. The zero-order chi connectivity index (χ0) is 22.8. The second-order valence-electron chi connectivity index (χ2n) is 7.71. The third kappa shape index (κ3) is 4.83. The summed E-state index contributed by atoms with van der Waals surface area (Å²) in [5, 5.41) is 2.99. The SMILES string of the molecule is CC(=S)NCC1CN(c2ccc(N3CCN(C(=S)c4cnc(C)o4)CC3)c(F)c2)C(=O)O1. The van der Waals surface area contributed by atoms with E-state index in [1.165, 1.54) is 11.0 Å². The minimum absolute atomic E-state index is 0.338. The van der Waals surface area contributed by atoms with Gasteiger partial charge < -0.3 is 24.3 Å². The quantitative estimate of drug-likeness (QED) is 0.655. The fourth-order valence-electron chi connectivity index (χ4n) is 3.78. The van der Waals surface area contributed by atoms with Gasteiger partial charge in [-0.2, -0.15) is 0 Å². The van der Waals surface area contributed by atoms with Crippen molar-refractivity contribution in [3.63, 3.8) is 0 Å². The van der Waals surface area contributed by atoms with Gasteiger partial charge in [0.25, 0.3) is 0 Å². The molecule has 3 heterocycles. The Kier molecular flexibility index (Phi) is 6.56. The maximum atomic E-state index is 15.0. The molecule has 1 amide bonds. The lowest BCUT2D eigenvalue weighted by atomic mass is 10.2. The Balaban J connectivity index is 1.37. The van der Waals surface area contributed by atoms with Gasteiger partial charge in [0.2, 0.25) is 0 Å². The molecule has 1 aromatic heterocycles. The van der Waals surface area contributed by atoms with Crippen LogP contribution >= 0.6 is 24.4 Å². The van der Waals surface area contributed by atoms with Crippen LogP contribution in [0.4, 0.5) is 20.6 Å². The number of rotatable bonds is 5. The van der Waals surface area contributed by atoms with Crippen LogP contribution in [0.1, 0.15) is 18.6 Å². The summed E-state index contributed by atoms with van der Waals surface area (Å²) in [5.41, 5.74) is 0.968. The van der Waals surface area contributed by atoms with Crippen LogP contribution in [0, 0.1) is 12.7 Å². The third-order valence-electron chi connectivity index (χ3n) is 5.44. The van der Waals surface area contributed by atoms with E-state index in [1.807, 2.05) is 9.80 Å². The van der Waals surface area contributed by atoms with Crippen LogP contribution in [0.5, 0.6) is 0 Å². The molecule has 2 aliphatic heterocycles. The smallest absolute Gasteiger partial charge is 0.414 e. The van der Waals surface area contributed by atoms with Crippen molar-refractivity contribution in [2.75, 3.05) is 49.1 Å². The third-order valence-corrected chi connectivity index (χ3v) is 6.04. The zero-order valence-electron chi connectivity index (χ0n) is 17.8. The van der Waals surface area contributed by atoms with Crippen molar-refractivity contribution >= 4 is 51.9 Å². The summed E-state index contributed by atoms with van der Waals surface area (Å²) in [6.07, 6.45) is 0.798. The number of nitrogens with zero attached hydrogens (tertiary/aromatic N) is 4. The van der Waals surface area contributed by atoms with Crippen molar-refractivity contribution in [1.29, 1.82) is 0 Å². The number of cyclic esters (lactones) is 1. The molecule has 170 valence electrons.